The lowest BCUT2D eigenvalue weighted by Crippen LogP contribution is -2.52. The fraction of sp³-hybridized carbons (Fsp3) is 0.714. The second-order valence-corrected chi connectivity index (χ2v) is 6.87. The van der Waals surface area contributed by atoms with Crippen LogP contribution >= 0.6 is 11.3 Å². The van der Waals surface area contributed by atoms with E-state index in [1.165, 1.54) is 0 Å². The topological polar surface area (TPSA) is 56.7 Å². The summed E-state index contributed by atoms with van der Waals surface area (Å²) in [5, 5.41) is 12.8. The van der Waals surface area contributed by atoms with E-state index in [4.69, 9.17) is 0 Å². The molecule has 1 saturated heterocycles. The van der Waals surface area contributed by atoms with Crippen LogP contribution < -0.4 is 0 Å². The molecule has 0 saturated carbocycles. The molecule has 0 spiro atoms. The van der Waals surface area contributed by atoms with E-state index in [9.17, 15) is 9.90 Å². The summed E-state index contributed by atoms with van der Waals surface area (Å²) in [7, 11) is 0. The van der Waals surface area contributed by atoms with Crippen LogP contribution in [0.2, 0.25) is 0 Å². The molecule has 6 heteroatoms. The van der Waals surface area contributed by atoms with Crippen LogP contribution in [0.1, 0.15) is 25.3 Å². The number of thiazole rings is 1. The fourth-order valence-corrected chi connectivity index (χ4v) is 3.07. The minimum absolute atomic E-state index is 0.211. The van der Waals surface area contributed by atoms with Crippen LogP contribution in [0.5, 0.6) is 0 Å². The van der Waals surface area contributed by atoms with Gasteiger partial charge in [0.1, 0.15) is 0 Å². The molecule has 1 N–H and O–H groups in total. The molecule has 1 aliphatic heterocycles. The van der Waals surface area contributed by atoms with Crippen molar-refractivity contribution in [2.45, 2.75) is 32.3 Å². The largest absolute Gasteiger partial charge is 0.389 e. The summed E-state index contributed by atoms with van der Waals surface area (Å²) in [5.74, 6) is 0.211. The highest BCUT2D eigenvalue weighted by molar-refractivity contribution is 7.09. The molecule has 0 unspecified atom stereocenters. The lowest BCUT2D eigenvalue weighted by Gasteiger charge is -2.37. The standard InChI is InChI=1S/C14H23N3O2S/c1-14(2,19)11-16-6-8-17(9-7-16)13(18)4-3-12-15-5-10-20-12/h5,10,19H,3-4,6-9,11H2,1-2H3. The predicted octanol–water partition coefficient (Wildman–Crippen LogP) is 0.991. The van der Waals surface area contributed by atoms with Gasteiger partial charge in [-0.2, -0.15) is 0 Å². The van der Waals surface area contributed by atoms with Crippen LogP contribution in [0.4, 0.5) is 0 Å². The van der Waals surface area contributed by atoms with Crippen LogP contribution in [-0.4, -0.2) is 64.1 Å². The number of aryl methyl sites for hydroxylation is 1. The van der Waals surface area contributed by atoms with E-state index in [0.29, 0.717) is 13.0 Å². The maximum atomic E-state index is 12.1. The quantitative estimate of drug-likeness (QED) is 0.880. The van der Waals surface area contributed by atoms with Crippen molar-refractivity contribution in [2.75, 3.05) is 32.7 Å². The van der Waals surface area contributed by atoms with Gasteiger partial charge >= 0.3 is 0 Å². The third-order valence-corrected chi connectivity index (χ3v) is 4.21. The van der Waals surface area contributed by atoms with E-state index in [1.54, 1.807) is 17.5 Å². The summed E-state index contributed by atoms with van der Waals surface area (Å²) in [6, 6.07) is 0. The number of rotatable bonds is 5. The number of nitrogens with zero attached hydrogens (tertiary/aromatic N) is 3. The Kier molecular flexibility index (Phi) is 5.12. The Morgan fingerprint density at radius 3 is 2.65 bits per heavy atom. The highest BCUT2D eigenvalue weighted by atomic mass is 32.1. The molecule has 0 atom stereocenters. The van der Waals surface area contributed by atoms with Crippen LogP contribution in [0, 0.1) is 0 Å². The number of hydrogen-bond acceptors (Lipinski definition) is 5. The van der Waals surface area contributed by atoms with Crippen molar-refractivity contribution in [3.8, 4) is 0 Å². The molecule has 1 aromatic rings. The maximum absolute atomic E-state index is 12.1. The molecule has 20 heavy (non-hydrogen) atoms. The zero-order valence-electron chi connectivity index (χ0n) is 12.2. The average Bonchev–Trinajstić information content (AvgIpc) is 2.88. The van der Waals surface area contributed by atoms with E-state index in [1.807, 2.05) is 24.1 Å². The molecule has 2 rings (SSSR count). The Bertz CT molecular complexity index is 420. The van der Waals surface area contributed by atoms with Gasteiger partial charge in [-0.1, -0.05) is 0 Å². The molecular weight excluding hydrogens is 274 g/mol. The summed E-state index contributed by atoms with van der Waals surface area (Å²) >= 11 is 1.60. The zero-order valence-corrected chi connectivity index (χ0v) is 13.0. The number of piperazine rings is 1. The molecule has 2 heterocycles. The minimum atomic E-state index is -0.670. The number of aromatic nitrogens is 1. The number of hydrogen-bond donors (Lipinski definition) is 1. The summed E-state index contributed by atoms with van der Waals surface area (Å²) in [6.07, 6.45) is 3.05. The Morgan fingerprint density at radius 2 is 2.10 bits per heavy atom. The van der Waals surface area contributed by atoms with Crippen molar-refractivity contribution < 1.29 is 9.90 Å². The van der Waals surface area contributed by atoms with Crippen molar-refractivity contribution in [2.24, 2.45) is 0 Å². The van der Waals surface area contributed by atoms with E-state index in [-0.39, 0.29) is 5.91 Å². The Morgan fingerprint density at radius 1 is 1.40 bits per heavy atom. The zero-order chi connectivity index (χ0) is 14.6. The molecule has 0 radical (unpaired) electrons. The van der Waals surface area contributed by atoms with E-state index < -0.39 is 5.60 Å². The lowest BCUT2D eigenvalue weighted by molar-refractivity contribution is -0.133. The third-order valence-electron chi connectivity index (χ3n) is 3.37. The number of amides is 1. The lowest BCUT2D eigenvalue weighted by atomic mass is 10.1. The number of aliphatic hydroxyl groups is 1. The smallest absolute Gasteiger partial charge is 0.223 e. The Hall–Kier alpha value is -0.980. The van der Waals surface area contributed by atoms with Gasteiger partial charge < -0.3 is 10.0 Å². The summed E-state index contributed by atoms with van der Waals surface area (Å²) in [6.45, 7) is 7.49. The van der Waals surface area contributed by atoms with Gasteiger partial charge in [-0.3, -0.25) is 9.69 Å². The molecular formula is C14H23N3O2S. The highest BCUT2D eigenvalue weighted by Crippen LogP contribution is 2.11. The first-order valence-electron chi connectivity index (χ1n) is 7.05. The van der Waals surface area contributed by atoms with Crippen LogP contribution in [0.15, 0.2) is 11.6 Å². The first-order chi connectivity index (χ1) is 9.44. The number of β-amino-alcohol motifs (C(OH)–C–C–N with tert-alkyl or cyclic N) is 1. The van der Waals surface area contributed by atoms with Crippen LogP contribution in [-0.2, 0) is 11.2 Å². The number of carbonyl (C=O) groups is 1. The molecule has 1 aliphatic rings. The number of carbonyl (C=O) groups excluding carboxylic acids is 1. The molecule has 5 nitrogen and oxygen atoms in total. The first-order valence-corrected chi connectivity index (χ1v) is 7.93. The van der Waals surface area contributed by atoms with Crippen molar-refractivity contribution in [1.29, 1.82) is 0 Å². The average molecular weight is 297 g/mol. The normalized spacial score (nSPS) is 17.4. The van der Waals surface area contributed by atoms with Gasteiger partial charge in [0.15, 0.2) is 0 Å². The molecule has 0 aromatic carbocycles. The van der Waals surface area contributed by atoms with Gasteiger partial charge in [0.25, 0.3) is 0 Å². The van der Waals surface area contributed by atoms with Crippen molar-refractivity contribution in [3.63, 3.8) is 0 Å². The van der Waals surface area contributed by atoms with Gasteiger partial charge in [-0.25, -0.2) is 4.98 Å². The van der Waals surface area contributed by atoms with Crippen LogP contribution in [0.25, 0.3) is 0 Å². The second-order valence-electron chi connectivity index (χ2n) is 5.90. The van der Waals surface area contributed by atoms with Crippen LogP contribution in [0.3, 0.4) is 0 Å². The van der Waals surface area contributed by atoms with Gasteiger partial charge in [0.05, 0.1) is 10.6 Å². The summed E-state index contributed by atoms with van der Waals surface area (Å²) in [5.41, 5.74) is -0.670. The Balaban J connectivity index is 1.71. The molecule has 1 fully saturated rings. The fourth-order valence-electron chi connectivity index (χ4n) is 2.45. The predicted molar refractivity (Wildman–Crippen MR) is 79.8 cm³/mol. The van der Waals surface area contributed by atoms with E-state index >= 15 is 0 Å². The molecule has 1 aromatic heterocycles. The van der Waals surface area contributed by atoms with Gasteiger partial charge in [-0.15, -0.1) is 11.3 Å². The van der Waals surface area contributed by atoms with Gasteiger partial charge in [0, 0.05) is 57.1 Å². The van der Waals surface area contributed by atoms with Gasteiger partial charge in [0.2, 0.25) is 5.91 Å². The van der Waals surface area contributed by atoms with E-state index in [0.717, 1.165) is 37.6 Å². The highest BCUT2D eigenvalue weighted by Gasteiger charge is 2.24. The van der Waals surface area contributed by atoms with Crippen molar-refractivity contribution >= 4 is 17.2 Å². The minimum Gasteiger partial charge on any atom is -0.389 e. The molecule has 0 bridgehead atoms. The Labute approximate surface area is 124 Å². The molecule has 1 amide bonds. The molecule has 112 valence electrons. The van der Waals surface area contributed by atoms with Gasteiger partial charge in [-0.05, 0) is 13.8 Å². The first kappa shape index (κ1) is 15.4. The second kappa shape index (κ2) is 6.65. The summed E-state index contributed by atoms with van der Waals surface area (Å²) in [4.78, 5) is 20.5. The van der Waals surface area contributed by atoms with Crippen molar-refractivity contribution in [3.05, 3.63) is 16.6 Å². The monoisotopic (exact) mass is 297 g/mol. The summed E-state index contributed by atoms with van der Waals surface area (Å²) < 4.78 is 0. The third kappa shape index (κ3) is 4.85. The SMILES string of the molecule is CC(C)(O)CN1CCN(C(=O)CCc2nccs2)CC1. The van der Waals surface area contributed by atoms with Crippen molar-refractivity contribution in [1.82, 2.24) is 14.8 Å². The van der Waals surface area contributed by atoms with E-state index in [2.05, 4.69) is 9.88 Å². The maximum Gasteiger partial charge on any atom is 0.223 e. The molecule has 0 aliphatic carbocycles.